The lowest BCUT2D eigenvalue weighted by molar-refractivity contribution is 0.446. The molecule has 0 aliphatic rings. The molecule has 0 amide bonds. The van der Waals surface area contributed by atoms with Crippen molar-refractivity contribution in [3.8, 4) is 0 Å². The number of nitrogens with one attached hydrogen (secondary N) is 1. The Morgan fingerprint density at radius 1 is 1.00 bits per heavy atom. The standard InChI is InChI=1S/C14H31NO2S/c1-5-7-8-9-10-11-12-14(15-6-2)13(3)18(4,16)17/h13-15H,5-12H2,1-4H3. The fourth-order valence-electron chi connectivity index (χ4n) is 2.21. The minimum atomic E-state index is -2.94. The molecular weight excluding hydrogens is 246 g/mol. The maximum absolute atomic E-state index is 11.6. The van der Waals surface area contributed by atoms with Crippen LogP contribution in [0.25, 0.3) is 0 Å². The molecule has 0 aromatic heterocycles. The van der Waals surface area contributed by atoms with Gasteiger partial charge in [0, 0.05) is 12.3 Å². The zero-order chi connectivity index (χ0) is 14.0. The summed E-state index contributed by atoms with van der Waals surface area (Å²) in [5.41, 5.74) is 0. The molecule has 2 atom stereocenters. The quantitative estimate of drug-likeness (QED) is 0.590. The lowest BCUT2D eigenvalue weighted by atomic mass is 10.0. The molecule has 0 rings (SSSR count). The van der Waals surface area contributed by atoms with E-state index in [0.717, 1.165) is 19.4 Å². The highest BCUT2D eigenvalue weighted by Crippen LogP contribution is 2.14. The first-order valence-electron chi connectivity index (χ1n) is 7.35. The van der Waals surface area contributed by atoms with Crippen molar-refractivity contribution < 1.29 is 8.42 Å². The largest absolute Gasteiger partial charge is 0.313 e. The summed E-state index contributed by atoms with van der Waals surface area (Å²) >= 11 is 0. The van der Waals surface area contributed by atoms with E-state index in [1.54, 1.807) is 0 Å². The van der Waals surface area contributed by atoms with Crippen molar-refractivity contribution in [1.82, 2.24) is 5.32 Å². The van der Waals surface area contributed by atoms with E-state index >= 15 is 0 Å². The van der Waals surface area contributed by atoms with E-state index < -0.39 is 9.84 Å². The smallest absolute Gasteiger partial charge is 0.151 e. The lowest BCUT2D eigenvalue weighted by Crippen LogP contribution is -2.42. The van der Waals surface area contributed by atoms with Crippen LogP contribution < -0.4 is 5.32 Å². The third-order valence-electron chi connectivity index (χ3n) is 3.58. The molecule has 2 unspecified atom stereocenters. The third kappa shape index (κ3) is 8.09. The SMILES string of the molecule is CCCCCCCCC(NCC)C(C)S(C)(=O)=O. The van der Waals surface area contributed by atoms with Gasteiger partial charge in [-0.1, -0.05) is 52.4 Å². The zero-order valence-electron chi connectivity index (χ0n) is 12.5. The van der Waals surface area contributed by atoms with Gasteiger partial charge < -0.3 is 5.32 Å². The van der Waals surface area contributed by atoms with E-state index in [9.17, 15) is 8.42 Å². The minimum absolute atomic E-state index is 0.108. The van der Waals surface area contributed by atoms with Gasteiger partial charge in [0.25, 0.3) is 0 Å². The average molecular weight is 277 g/mol. The molecule has 0 aliphatic heterocycles. The summed E-state index contributed by atoms with van der Waals surface area (Å²) < 4.78 is 23.2. The van der Waals surface area contributed by atoms with Crippen LogP contribution in [0.5, 0.6) is 0 Å². The fraction of sp³-hybridized carbons (Fsp3) is 1.00. The van der Waals surface area contributed by atoms with Crippen LogP contribution in [0, 0.1) is 0 Å². The van der Waals surface area contributed by atoms with E-state index in [4.69, 9.17) is 0 Å². The highest BCUT2D eigenvalue weighted by molar-refractivity contribution is 7.91. The first-order chi connectivity index (χ1) is 8.43. The topological polar surface area (TPSA) is 46.2 Å². The summed E-state index contributed by atoms with van der Waals surface area (Å²) in [6, 6.07) is 0.108. The Labute approximate surface area is 114 Å². The molecule has 0 aromatic rings. The number of hydrogen-bond donors (Lipinski definition) is 1. The van der Waals surface area contributed by atoms with Crippen LogP contribution in [0.1, 0.15) is 65.7 Å². The molecule has 0 bridgehead atoms. The molecule has 0 fully saturated rings. The molecule has 4 heteroatoms. The lowest BCUT2D eigenvalue weighted by Gasteiger charge is -2.23. The molecule has 0 aromatic carbocycles. The molecule has 18 heavy (non-hydrogen) atoms. The number of hydrogen-bond acceptors (Lipinski definition) is 3. The molecule has 3 nitrogen and oxygen atoms in total. The monoisotopic (exact) mass is 277 g/mol. The second kappa shape index (κ2) is 9.79. The molecular formula is C14H31NO2S. The third-order valence-corrected chi connectivity index (χ3v) is 5.26. The Hall–Kier alpha value is -0.0900. The molecule has 0 radical (unpaired) electrons. The maximum Gasteiger partial charge on any atom is 0.151 e. The molecule has 110 valence electrons. The Bertz CT molecular complexity index is 288. The summed E-state index contributed by atoms with van der Waals surface area (Å²) in [7, 11) is -2.94. The second-order valence-corrected chi connectivity index (χ2v) is 7.66. The summed E-state index contributed by atoms with van der Waals surface area (Å²) in [5.74, 6) is 0. The normalized spacial score (nSPS) is 15.6. The van der Waals surface area contributed by atoms with Gasteiger partial charge in [0.1, 0.15) is 0 Å². The van der Waals surface area contributed by atoms with Crippen molar-refractivity contribution in [3.05, 3.63) is 0 Å². The average Bonchev–Trinajstić information content (AvgIpc) is 2.30. The van der Waals surface area contributed by atoms with E-state index in [0.29, 0.717) is 0 Å². The van der Waals surface area contributed by atoms with E-state index in [-0.39, 0.29) is 11.3 Å². The van der Waals surface area contributed by atoms with Gasteiger partial charge in [-0.15, -0.1) is 0 Å². The summed E-state index contributed by atoms with van der Waals surface area (Å²) in [4.78, 5) is 0. The van der Waals surface area contributed by atoms with Gasteiger partial charge in [-0.2, -0.15) is 0 Å². The van der Waals surface area contributed by atoms with Crippen LogP contribution in [0.15, 0.2) is 0 Å². The van der Waals surface area contributed by atoms with Gasteiger partial charge in [-0.05, 0) is 19.9 Å². The highest BCUT2D eigenvalue weighted by Gasteiger charge is 2.24. The van der Waals surface area contributed by atoms with E-state index in [1.165, 1.54) is 38.4 Å². The molecule has 0 aliphatic carbocycles. The summed E-state index contributed by atoms with van der Waals surface area (Å²) in [5, 5.41) is 3.03. The van der Waals surface area contributed by atoms with Crippen LogP contribution in [0.4, 0.5) is 0 Å². The molecule has 0 heterocycles. The second-order valence-electron chi connectivity index (χ2n) is 5.26. The van der Waals surface area contributed by atoms with E-state index in [2.05, 4.69) is 12.2 Å². The molecule has 0 saturated heterocycles. The van der Waals surface area contributed by atoms with Crippen LogP contribution in [0.3, 0.4) is 0 Å². The van der Waals surface area contributed by atoms with E-state index in [1.807, 2.05) is 13.8 Å². The van der Waals surface area contributed by atoms with Crippen molar-refractivity contribution in [2.75, 3.05) is 12.8 Å². The van der Waals surface area contributed by atoms with Crippen LogP contribution >= 0.6 is 0 Å². The van der Waals surface area contributed by atoms with Gasteiger partial charge >= 0.3 is 0 Å². The van der Waals surface area contributed by atoms with Gasteiger partial charge in [0.05, 0.1) is 5.25 Å². The number of sulfone groups is 1. The zero-order valence-corrected chi connectivity index (χ0v) is 13.4. The Kier molecular flexibility index (Phi) is 9.74. The van der Waals surface area contributed by atoms with Crippen molar-refractivity contribution >= 4 is 9.84 Å². The van der Waals surface area contributed by atoms with Crippen LogP contribution in [-0.4, -0.2) is 32.5 Å². The molecule has 0 spiro atoms. The van der Waals surface area contributed by atoms with Gasteiger partial charge in [-0.3, -0.25) is 0 Å². The predicted octanol–water partition coefficient (Wildman–Crippen LogP) is 3.15. The van der Waals surface area contributed by atoms with Crippen molar-refractivity contribution in [2.45, 2.75) is 77.0 Å². The number of rotatable bonds is 11. The van der Waals surface area contributed by atoms with Gasteiger partial charge in [-0.25, -0.2) is 8.42 Å². The van der Waals surface area contributed by atoms with Crippen molar-refractivity contribution in [1.29, 1.82) is 0 Å². The van der Waals surface area contributed by atoms with Crippen LogP contribution in [0.2, 0.25) is 0 Å². The van der Waals surface area contributed by atoms with Crippen molar-refractivity contribution in [3.63, 3.8) is 0 Å². The Morgan fingerprint density at radius 2 is 1.56 bits per heavy atom. The molecule has 1 N–H and O–H groups in total. The van der Waals surface area contributed by atoms with Crippen molar-refractivity contribution in [2.24, 2.45) is 0 Å². The summed E-state index contributed by atoms with van der Waals surface area (Å²) in [6.45, 7) is 6.90. The molecule has 0 saturated carbocycles. The Morgan fingerprint density at radius 3 is 2.06 bits per heavy atom. The minimum Gasteiger partial charge on any atom is -0.313 e. The Balaban J connectivity index is 3.98. The number of unbranched alkanes of at least 4 members (excludes halogenated alkanes) is 5. The van der Waals surface area contributed by atoms with Crippen LogP contribution in [-0.2, 0) is 9.84 Å². The van der Waals surface area contributed by atoms with Gasteiger partial charge in [0.15, 0.2) is 9.84 Å². The summed E-state index contributed by atoms with van der Waals surface area (Å²) in [6.07, 6.45) is 9.82. The first kappa shape index (κ1) is 17.9. The fourth-order valence-corrected chi connectivity index (χ4v) is 3.04. The predicted molar refractivity (Wildman–Crippen MR) is 79.8 cm³/mol. The first-order valence-corrected chi connectivity index (χ1v) is 9.31. The van der Waals surface area contributed by atoms with Gasteiger partial charge in [0.2, 0.25) is 0 Å². The maximum atomic E-state index is 11.6. The highest BCUT2D eigenvalue weighted by atomic mass is 32.2.